The third kappa shape index (κ3) is 4.40. The van der Waals surface area contributed by atoms with Gasteiger partial charge in [-0.1, -0.05) is 29.5 Å². The number of para-hydroxylation sites is 1. The maximum Gasteiger partial charge on any atom is 0.293 e. The van der Waals surface area contributed by atoms with Crippen LogP contribution < -0.4 is 10.1 Å². The Bertz CT molecular complexity index is 788. The van der Waals surface area contributed by atoms with Gasteiger partial charge in [0.05, 0.1) is 6.61 Å². The van der Waals surface area contributed by atoms with Gasteiger partial charge < -0.3 is 9.15 Å². The first kappa shape index (κ1) is 15.7. The lowest BCUT2D eigenvalue weighted by atomic mass is 10.3. The number of benzene rings is 1. The molecule has 3 rings (SSSR count). The van der Waals surface area contributed by atoms with Crippen molar-refractivity contribution in [3.63, 3.8) is 0 Å². The van der Waals surface area contributed by atoms with Crippen LogP contribution in [0.3, 0.4) is 0 Å². The summed E-state index contributed by atoms with van der Waals surface area (Å²) < 4.78 is 11.3. The molecule has 0 unspecified atom stereocenters. The Morgan fingerprint density at radius 3 is 2.78 bits per heavy atom. The van der Waals surface area contributed by atoms with Crippen LogP contribution in [0, 0.1) is 0 Å². The third-order valence-corrected chi connectivity index (χ3v) is 4.14. The number of halogens is 1. The average molecular weight is 394 g/mol. The fraction of sp³-hybridized carbons (Fsp3) is 0.133. The summed E-state index contributed by atoms with van der Waals surface area (Å²) >= 11 is 4.46. The number of anilines is 1. The third-order valence-electron chi connectivity index (χ3n) is 2.81. The summed E-state index contributed by atoms with van der Waals surface area (Å²) in [6.45, 7) is 0.498. The first-order valence-electron chi connectivity index (χ1n) is 6.77. The molecule has 1 amide bonds. The topological polar surface area (TPSA) is 77.2 Å². The maximum atomic E-state index is 11.9. The smallest absolute Gasteiger partial charge is 0.293 e. The normalized spacial score (nSPS) is 10.5. The molecule has 0 saturated heterocycles. The number of hydrogen-bond donors (Lipinski definition) is 1. The number of aromatic nitrogens is 2. The van der Waals surface area contributed by atoms with Crippen molar-refractivity contribution in [2.45, 2.75) is 6.42 Å². The highest BCUT2D eigenvalue weighted by Crippen LogP contribution is 2.19. The molecule has 8 heteroatoms. The summed E-state index contributed by atoms with van der Waals surface area (Å²) in [4.78, 5) is 11.9. The first-order valence-corrected chi connectivity index (χ1v) is 8.38. The number of hydrogen-bond acceptors (Lipinski definition) is 6. The van der Waals surface area contributed by atoms with Gasteiger partial charge in [-0.2, -0.15) is 0 Å². The van der Waals surface area contributed by atoms with Gasteiger partial charge in [-0.25, -0.2) is 0 Å². The monoisotopic (exact) mass is 393 g/mol. The van der Waals surface area contributed by atoms with Crippen LogP contribution in [0.15, 0.2) is 51.6 Å². The predicted molar refractivity (Wildman–Crippen MR) is 89.9 cm³/mol. The molecule has 0 aliphatic carbocycles. The van der Waals surface area contributed by atoms with Crippen molar-refractivity contribution in [1.82, 2.24) is 10.2 Å². The summed E-state index contributed by atoms with van der Waals surface area (Å²) in [7, 11) is 0. The lowest BCUT2D eigenvalue weighted by Crippen LogP contribution is -2.10. The van der Waals surface area contributed by atoms with Gasteiger partial charge in [0.15, 0.2) is 10.4 Å². The van der Waals surface area contributed by atoms with Gasteiger partial charge in [-0.15, -0.1) is 10.2 Å². The Morgan fingerprint density at radius 2 is 2.04 bits per heavy atom. The molecule has 1 aromatic carbocycles. The molecule has 0 radical (unpaired) electrons. The molecular weight excluding hydrogens is 382 g/mol. The molecule has 2 heterocycles. The molecule has 0 aliphatic heterocycles. The van der Waals surface area contributed by atoms with Crippen LogP contribution in [0.5, 0.6) is 5.75 Å². The summed E-state index contributed by atoms with van der Waals surface area (Å²) in [5.41, 5.74) is 0. The Balaban J connectivity index is 1.51. The summed E-state index contributed by atoms with van der Waals surface area (Å²) in [5, 5.41) is 11.8. The van der Waals surface area contributed by atoms with E-state index in [2.05, 4.69) is 31.4 Å². The Morgan fingerprint density at radius 1 is 1.22 bits per heavy atom. The van der Waals surface area contributed by atoms with Crippen molar-refractivity contribution < 1.29 is 13.9 Å². The molecule has 1 N–H and O–H groups in total. The zero-order chi connectivity index (χ0) is 16.1. The standard InChI is InChI=1S/C15H12BrN3O3S/c16-12-7-6-11(22-12)14(20)17-15-19-18-13(23-15)8-9-21-10-4-2-1-3-5-10/h1-7H,8-9H2,(H,17,19,20). The fourth-order valence-electron chi connectivity index (χ4n) is 1.77. The summed E-state index contributed by atoms with van der Waals surface area (Å²) in [5.74, 6) is 0.661. The van der Waals surface area contributed by atoms with E-state index in [-0.39, 0.29) is 11.7 Å². The van der Waals surface area contributed by atoms with E-state index in [0.29, 0.717) is 22.8 Å². The number of nitrogens with zero attached hydrogens (tertiary/aromatic N) is 2. The van der Waals surface area contributed by atoms with E-state index in [1.165, 1.54) is 11.3 Å². The van der Waals surface area contributed by atoms with E-state index in [9.17, 15) is 4.79 Å². The largest absolute Gasteiger partial charge is 0.493 e. The van der Waals surface area contributed by atoms with Gasteiger partial charge in [-0.3, -0.25) is 10.1 Å². The molecular formula is C15H12BrN3O3S. The van der Waals surface area contributed by atoms with Gasteiger partial charge in [0.25, 0.3) is 5.91 Å². The molecule has 118 valence electrons. The zero-order valence-corrected chi connectivity index (χ0v) is 14.3. The Hall–Kier alpha value is -2.19. The van der Waals surface area contributed by atoms with Gasteiger partial charge >= 0.3 is 0 Å². The second-order valence-electron chi connectivity index (χ2n) is 4.47. The van der Waals surface area contributed by atoms with Crippen LogP contribution in [-0.4, -0.2) is 22.7 Å². The van der Waals surface area contributed by atoms with Gasteiger partial charge in [0, 0.05) is 6.42 Å². The number of carbonyl (C=O) groups excluding carboxylic acids is 1. The molecule has 23 heavy (non-hydrogen) atoms. The minimum Gasteiger partial charge on any atom is -0.493 e. The Labute approximate surface area is 144 Å². The molecule has 2 aromatic heterocycles. The number of ether oxygens (including phenoxy) is 1. The van der Waals surface area contributed by atoms with Crippen LogP contribution in [0.1, 0.15) is 15.6 Å². The van der Waals surface area contributed by atoms with Crippen molar-refractivity contribution >= 4 is 38.3 Å². The molecule has 0 fully saturated rings. The first-order chi connectivity index (χ1) is 11.2. The van der Waals surface area contributed by atoms with Crippen molar-refractivity contribution in [3.05, 3.63) is 57.9 Å². The minimum atomic E-state index is -0.362. The van der Waals surface area contributed by atoms with Crippen LogP contribution in [-0.2, 0) is 6.42 Å². The highest BCUT2D eigenvalue weighted by atomic mass is 79.9. The lowest BCUT2D eigenvalue weighted by Gasteiger charge is -2.03. The molecule has 0 saturated carbocycles. The molecule has 0 bridgehead atoms. The van der Waals surface area contributed by atoms with E-state index < -0.39 is 0 Å². The van der Waals surface area contributed by atoms with Crippen molar-refractivity contribution in [2.75, 3.05) is 11.9 Å². The van der Waals surface area contributed by atoms with Crippen molar-refractivity contribution in [2.24, 2.45) is 0 Å². The predicted octanol–water partition coefficient (Wildman–Crippen LogP) is 3.77. The molecule has 3 aromatic rings. The SMILES string of the molecule is O=C(Nc1nnc(CCOc2ccccc2)s1)c1ccc(Br)o1. The highest BCUT2D eigenvalue weighted by Gasteiger charge is 2.13. The van der Waals surface area contributed by atoms with Crippen molar-refractivity contribution in [3.8, 4) is 5.75 Å². The second kappa shape index (κ2) is 7.38. The maximum absolute atomic E-state index is 11.9. The quantitative estimate of drug-likeness (QED) is 0.689. The Kier molecular flexibility index (Phi) is 5.04. The van der Waals surface area contributed by atoms with Gasteiger partial charge in [0.2, 0.25) is 5.13 Å². The van der Waals surface area contributed by atoms with Crippen LogP contribution in [0.25, 0.3) is 0 Å². The highest BCUT2D eigenvalue weighted by molar-refractivity contribution is 9.10. The molecule has 6 nitrogen and oxygen atoms in total. The van der Waals surface area contributed by atoms with Crippen LogP contribution >= 0.6 is 27.3 Å². The number of amides is 1. The van der Waals surface area contributed by atoms with E-state index in [1.54, 1.807) is 12.1 Å². The van der Waals surface area contributed by atoms with Crippen molar-refractivity contribution in [1.29, 1.82) is 0 Å². The van der Waals surface area contributed by atoms with Gasteiger partial charge in [0.1, 0.15) is 10.8 Å². The van der Waals surface area contributed by atoms with E-state index in [4.69, 9.17) is 9.15 Å². The van der Waals surface area contributed by atoms with E-state index in [0.717, 1.165) is 10.8 Å². The molecule has 0 atom stereocenters. The summed E-state index contributed by atoms with van der Waals surface area (Å²) in [6, 6.07) is 12.8. The van der Waals surface area contributed by atoms with Crippen LogP contribution in [0.4, 0.5) is 5.13 Å². The zero-order valence-electron chi connectivity index (χ0n) is 11.9. The molecule has 0 aliphatic rings. The molecule has 0 spiro atoms. The van der Waals surface area contributed by atoms with E-state index >= 15 is 0 Å². The van der Waals surface area contributed by atoms with E-state index in [1.807, 2.05) is 30.3 Å². The minimum absolute atomic E-state index is 0.209. The van der Waals surface area contributed by atoms with Gasteiger partial charge in [-0.05, 0) is 40.2 Å². The number of carbonyl (C=O) groups is 1. The fourth-order valence-corrected chi connectivity index (χ4v) is 2.80. The lowest BCUT2D eigenvalue weighted by molar-refractivity contribution is 0.0995. The second-order valence-corrected chi connectivity index (χ2v) is 6.31. The average Bonchev–Trinajstić information content (AvgIpc) is 3.18. The van der Waals surface area contributed by atoms with Crippen LogP contribution in [0.2, 0.25) is 0 Å². The number of rotatable bonds is 6. The number of nitrogens with one attached hydrogen (secondary N) is 1. The summed E-state index contributed by atoms with van der Waals surface area (Å²) in [6.07, 6.45) is 0.620. The number of furan rings is 1.